The summed E-state index contributed by atoms with van der Waals surface area (Å²) in [6, 6.07) is 0. The summed E-state index contributed by atoms with van der Waals surface area (Å²) >= 11 is 0. The van der Waals surface area contributed by atoms with E-state index < -0.39 is 12.1 Å². The van der Waals surface area contributed by atoms with E-state index in [0.29, 0.717) is 5.69 Å². The maximum Gasteiger partial charge on any atom is 0.303 e. The molecule has 13 heavy (non-hydrogen) atoms. The number of imidazole rings is 1. The summed E-state index contributed by atoms with van der Waals surface area (Å²) < 4.78 is 1.67. The molecule has 1 rings (SSSR count). The van der Waals surface area contributed by atoms with E-state index >= 15 is 0 Å². The lowest BCUT2D eigenvalue weighted by Crippen LogP contribution is -2.06. The van der Waals surface area contributed by atoms with E-state index in [0.717, 1.165) is 0 Å². The molecular formula is C8H12N2O3. The number of rotatable bonds is 4. The minimum atomic E-state index is -0.902. The number of hydrogen-bond donors (Lipinski definition) is 2. The van der Waals surface area contributed by atoms with E-state index in [1.807, 2.05) is 0 Å². The number of carboxylic acids is 1. The van der Waals surface area contributed by atoms with Gasteiger partial charge in [-0.2, -0.15) is 0 Å². The zero-order valence-corrected chi connectivity index (χ0v) is 7.34. The van der Waals surface area contributed by atoms with E-state index in [4.69, 9.17) is 5.11 Å². The van der Waals surface area contributed by atoms with E-state index in [1.54, 1.807) is 17.9 Å². The summed E-state index contributed by atoms with van der Waals surface area (Å²) in [4.78, 5) is 14.1. The van der Waals surface area contributed by atoms with Gasteiger partial charge in [0.2, 0.25) is 0 Å². The number of carbonyl (C=O) groups is 1. The highest BCUT2D eigenvalue weighted by Crippen LogP contribution is 2.16. The molecule has 0 radical (unpaired) electrons. The molecule has 0 fully saturated rings. The SMILES string of the molecule is Cn1cncc1C(O)CCC(=O)O. The van der Waals surface area contributed by atoms with Crippen molar-refractivity contribution in [3.63, 3.8) is 0 Å². The molecule has 0 bridgehead atoms. The lowest BCUT2D eigenvalue weighted by molar-refractivity contribution is -0.137. The summed E-state index contributed by atoms with van der Waals surface area (Å²) in [7, 11) is 1.76. The number of aliphatic hydroxyl groups excluding tert-OH is 1. The second-order valence-electron chi connectivity index (χ2n) is 2.88. The number of aliphatic carboxylic acids is 1. The van der Waals surface area contributed by atoms with Crippen LogP contribution in [0, 0.1) is 0 Å². The topological polar surface area (TPSA) is 75.3 Å². The van der Waals surface area contributed by atoms with Gasteiger partial charge in [-0.1, -0.05) is 0 Å². The Hall–Kier alpha value is -1.36. The molecule has 1 aromatic heterocycles. The van der Waals surface area contributed by atoms with Gasteiger partial charge in [0.15, 0.2) is 0 Å². The molecule has 0 amide bonds. The van der Waals surface area contributed by atoms with Crippen LogP contribution < -0.4 is 0 Å². The zero-order valence-electron chi connectivity index (χ0n) is 7.34. The van der Waals surface area contributed by atoms with Crippen LogP contribution >= 0.6 is 0 Å². The smallest absolute Gasteiger partial charge is 0.303 e. The Morgan fingerprint density at radius 2 is 2.46 bits per heavy atom. The van der Waals surface area contributed by atoms with E-state index in [9.17, 15) is 9.90 Å². The Morgan fingerprint density at radius 1 is 1.77 bits per heavy atom. The van der Waals surface area contributed by atoms with Crippen molar-refractivity contribution in [1.29, 1.82) is 0 Å². The van der Waals surface area contributed by atoms with Crippen LogP contribution in [0.2, 0.25) is 0 Å². The number of aryl methyl sites for hydroxylation is 1. The van der Waals surface area contributed by atoms with Gasteiger partial charge in [0, 0.05) is 13.5 Å². The highest BCUT2D eigenvalue weighted by Gasteiger charge is 2.12. The van der Waals surface area contributed by atoms with Crippen molar-refractivity contribution in [3.8, 4) is 0 Å². The first-order valence-electron chi connectivity index (χ1n) is 3.97. The number of nitrogens with zero attached hydrogens (tertiary/aromatic N) is 2. The van der Waals surface area contributed by atoms with Gasteiger partial charge in [-0.15, -0.1) is 0 Å². The Morgan fingerprint density at radius 3 is 2.92 bits per heavy atom. The summed E-state index contributed by atoms with van der Waals surface area (Å²) in [6.45, 7) is 0. The average molecular weight is 184 g/mol. The molecule has 0 aliphatic heterocycles. The normalized spacial score (nSPS) is 12.8. The van der Waals surface area contributed by atoms with Crippen molar-refractivity contribution in [3.05, 3.63) is 18.2 Å². The quantitative estimate of drug-likeness (QED) is 0.706. The number of aromatic nitrogens is 2. The lowest BCUT2D eigenvalue weighted by Gasteiger charge is -2.08. The van der Waals surface area contributed by atoms with Crippen molar-refractivity contribution >= 4 is 5.97 Å². The van der Waals surface area contributed by atoms with Gasteiger partial charge in [0.1, 0.15) is 0 Å². The fourth-order valence-corrected chi connectivity index (χ4v) is 1.10. The van der Waals surface area contributed by atoms with Crippen LogP contribution in [0.5, 0.6) is 0 Å². The molecule has 0 aromatic carbocycles. The molecule has 1 atom stereocenters. The van der Waals surface area contributed by atoms with E-state index in [-0.39, 0.29) is 12.8 Å². The molecule has 0 spiro atoms. The Bertz CT molecular complexity index is 295. The van der Waals surface area contributed by atoms with Crippen molar-refractivity contribution in [1.82, 2.24) is 9.55 Å². The van der Waals surface area contributed by atoms with Gasteiger partial charge in [-0.05, 0) is 6.42 Å². The third-order valence-electron chi connectivity index (χ3n) is 1.83. The van der Waals surface area contributed by atoms with Crippen LogP contribution in [0.25, 0.3) is 0 Å². The molecule has 1 aromatic rings. The first-order chi connectivity index (χ1) is 6.11. The fraction of sp³-hybridized carbons (Fsp3) is 0.500. The summed E-state index contributed by atoms with van der Waals surface area (Å²) in [5.41, 5.74) is 0.640. The van der Waals surface area contributed by atoms with Gasteiger partial charge >= 0.3 is 5.97 Å². The van der Waals surface area contributed by atoms with Gasteiger partial charge in [0.25, 0.3) is 0 Å². The lowest BCUT2D eigenvalue weighted by atomic mass is 10.1. The zero-order chi connectivity index (χ0) is 9.84. The maximum absolute atomic E-state index is 10.2. The van der Waals surface area contributed by atoms with Crippen LogP contribution in [0.1, 0.15) is 24.6 Å². The molecule has 2 N–H and O–H groups in total. The highest BCUT2D eigenvalue weighted by molar-refractivity contribution is 5.66. The third-order valence-corrected chi connectivity index (χ3v) is 1.83. The van der Waals surface area contributed by atoms with Gasteiger partial charge in [-0.3, -0.25) is 4.79 Å². The summed E-state index contributed by atoms with van der Waals surface area (Å²) in [5, 5.41) is 17.9. The van der Waals surface area contributed by atoms with Crippen LogP contribution in [0.4, 0.5) is 0 Å². The van der Waals surface area contributed by atoms with Crippen LogP contribution in [-0.4, -0.2) is 25.7 Å². The molecular weight excluding hydrogens is 172 g/mol. The minimum Gasteiger partial charge on any atom is -0.481 e. The first-order valence-corrected chi connectivity index (χ1v) is 3.97. The molecule has 1 heterocycles. The Kier molecular flexibility index (Phi) is 3.02. The summed E-state index contributed by atoms with van der Waals surface area (Å²) in [6.07, 6.45) is 2.54. The predicted octanol–water partition coefficient (Wildman–Crippen LogP) is 0.318. The molecule has 5 heteroatoms. The van der Waals surface area contributed by atoms with Crippen molar-refractivity contribution in [2.75, 3.05) is 0 Å². The van der Waals surface area contributed by atoms with Gasteiger partial charge < -0.3 is 14.8 Å². The van der Waals surface area contributed by atoms with E-state index in [1.165, 1.54) is 6.20 Å². The molecule has 72 valence electrons. The average Bonchev–Trinajstić information content (AvgIpc) is 2.47. The van der Waals surface area contributed by atoms with Crippen LogP contribution in [0.15, 0.2) is 12.5 Å². The molecule has 0 aliphatic carbocycles. The Balaban J connectivity index is 2.53. The molecule has 5 nitrogen and oxygen atoms in total. The number of hydrogen-bond acceptors (Lipinski definition) is 3. The predicted molar refractivity (Wildman–Crippen MR) is 45.0 cm³/mol. The molecule has 0 aliphatic rings. The van der Waals surface area contributed by atoms with Crippen molar-refractivity contribution < 1.29 is 15.0 Å². The number of aliphatic hydroxyl groups is 1. The minimum absolute atomic E-state index is 0.0354. The van der Waals surface area contributed by atoms with Crippen molar-refractivity contribution in [2.45, 2.75) is 18.9 Å². The first kappa shape index (κ1) is 9.73. The molecule has 0 saturated heterocycles. The van der Waals surface area contributed by atoms with Crippen LogP contribution in [-0.2, 0) is 11.8 Å². The maximum atomic E-state index is 10.2. The highest BCUT2D eigenvalue weighted by atomic mass is 16.4. The monoisotopic (exact) mass is 184 g/mol. The Labute approximate surface area is 75.6 Å². The standard InChI is InChI=1S/C8H12N2O3/c1-10-5-9-4-6(10)7(11)2-3-8(12)13/h4-5,7,11H,2-3H2,1H3,(H,12,13). The second kappa shape index (κ2) is 4.04. The largest absolute Gasteiger partial charge is 0.481 e. The van der Waals surface area contributed by atoms with Gasteiger partial charge in [0.05, 0.1) is 24.3 Å². The van der Waals surface area contributed by atoms with Gasteiger partial charge in [-0.25, -0.2) is 4.98 Å². The van der Waals surface area contributed by atoms with Crippen LogP contribution in [0.3, 0.4) is 0 Å². The molecule has 1 unspecified atom stereocenters. The third kappa shape index (κ3) is 2.55. The van der Waals surface area contributed by atoms with Crippen molar-refractivity contribution in [2.24, 2.45) is 7.05 Å². The van der Waals surface area contributed by atoms with E-state index in [2.05, 4.69) is 4.98 Å². The molecule has 0 saturated carbocycles. The second-order valence-corrected chi connectivity index (χ2v) is 2.88. The number of carboxylic acid groups (broad SMARTS) is 1. The fourth-order valence-electron chi connectivity index (χ4n) is 1.10. The summed E-state index contributed by atoms with van der Waals surface area (Å²) in [5.74, 6) is -0.902.